The zero-order valence-electron chi connectivity index (χ0n) is 26.9. The number of hydrogen-bond donors (Lipinski definition) is 0. The Morgan fingerprint density at radius 1 is 0.442 bits per heavy atom. The maximum absolute atomic E-state index is 10.7. The Morgan fingerprint density at radius 2 is 0.581 bits per heavy atom. The molecule has 0 rings (SSSR count). The number of rotatable bonds is 20. The molecule has 0 fully saturated rings. The Morgan fingerprint density at radius 3 is 0.674 bits per heavy atom. The first kappa shape index (κ1) is 46.7. The van der Waals surface area contributed by atoms with Crippen LogP contribution in [0, 0.1) is 0 Å². The monoisotopic (exact) mass is 682 g/mol. The van der Waals surface area contributed by atoms with Crippen molar-refractivity contribution in [2.75, 3.05) is 45.9 Å². The quantitative estimate of drug-likeness (QED) is 0.0433. The van der Waals surface area contributed by atoms with Crippen LogP contribution in [0.25, 0.3) is 0 Å². The topological polar surface area (TPSA) is 114 Å². The van der Waals surface area contributed by atoms with Crippen molar-refractivity contribution < 1.29 is 61.2 Å². The van der Waals surface area contributed by atoms with Crippen molar-refractivity contribution in [2.45, 2.75) is 130 Å². The zero-order valence-corrected chi connectivity index (χ0v) is 28.5. The van der Waals surface area contributed by atoms with E-state index in [1.807, 2.05) is 0 Å². The predicted octanol–water partition coefficient (Wildman–Crippen LogP) is 7.48. The fourth-order valence-electron chi connectivity index (χ4n) is 4.69. The van der Waals surface area contributed by atoms with Crippen LogP contribution in [0.15, 0.2) is 0 Å². The van der Waals surface area contributed by atoms with Crippen LogP contribution in [0.2, 0.25) is 0 Å². The minimum atomic E-state index is -6.09. The van der Waals surface area contributed by atoms with E-state index in [9.17, 15) is 26.3 Å². The summed E-state index contributed by atoms with van der Waals surface area (Å²) in [6.07, 6.45) is 16.5. The van der Waals surface area contributed by atoms with Gasteiger partial charge in [0.1, 0.15) is 0 Å². The van der Waals surface area contributed by atoms with Gasteiger partial charge in [0.15, 0.2) is 20.2 Å². The molecule has 0 aliphatic heterocycles. The second kappa shape index (κ2) is 22.8. The Kier molecular flexibility index (Phi) is 24.7. The summed E-state index contributed by atoms with van der Waals surface area (Å²) in [7, 11) is -12.2. The van der Waals surface area contributed by atoms with Crippen LogP contribution >= 0.6 is 0 Å². The summed E-state index contributed by atoms with van der Waals surface area (Å²) in [5.74, 6) is 0. The lowest BCUT2D eigenvalue weighted by Crippen LogP contribution is -2.64. The molecule has 0 aromatic rings. The molecule has 0 atom stereocenters. The van der Waals surface area contributed by atoms with Gasteiger partial charge in [-0.3, -0.25) is 8.97 Å². The van der Waals surface area contributed by atoms with E-state index < -0.39 is 31.3 Å². The highest BCUT2D eigenvalue weighted by molar-refractivity contribution is 7.86. The molecule has 0 aliphatic carbocycles. The first-order valence-electron chi connectivity index (χ1n) is 15.3. The number of quaternary nitrogens is 2. The Hall–Kier alpha value is -0.680. The number of hydrogen-bond acceptors (Lipinski definition) is 6. The average Bonchev–Trinajstić information content (AvgIpc) is 2.88. The Labute approximate surface area is 256 Å². The summed E-state index contributed by atoms with van der Waals surface area (Å²) in [4.78, 5) is 0. The molecule has 0 amide bonds. The van der Waals surface area contributed by atoms with E-state index in [-0.39, 0.29) is 0 Å². The van der Waals surface area contributed by atoms with Gasteiger partial charge in [-0.2, -0.15) is 26.3 Å². The van der Waals surface area contributed by atoms with Crippen LogP contribution in [0.5, 0.6) is 0 Å². The number of halogens is 6. The number of alkyl halides is 6. The third-order valence-corrected chi connectivity index (χ3v) is 8.22. The lowest BCUT2D eigenvalue weighted by molar-refractivity contribution is -1.10. The van der Waals surface area contributed by atoms with Crippen molar-refractivity contribution >= 4 is 20.2 Å². The fraction of sp³-hybridized carbons (Fsp3) is 1.00. The minimum absolute atomic E-state index is 1.34. The normalized spacial score (nSPS) is 13.2. The van der Waals surface area contributed by atoms with Crippen molar-refractivity contribution in [1.29, 1.82) is 0 Å². The third-order valence-electron chi connectivity index (χ3n) is 7.08. The maximum Gasteiger partial charge on any atom is 0.485 e. The van der Waals surface area contributed by atoms with Gasteiger partial charge in [-0.25, -0.2) is 16.8 Å². The predicted molar refractivity (Wildman–Crippen MR) is 156 cm³/mol. The fourth-order valence-corrected chi connectivity index (χ4v) is 4.69. The van der Waals surface area contributed by atoms with Gasteiger partial charge in [0.25, 0.3) is 0 Å². The smallest absolute Gasteiger partial charge is 0.485 e. The van der Waals surface area contributed by atoms with Crippen molar-refractivity contribution in [3.05, 3.63) is 0 Å². The van der Waals surface area contributed by atoms with E-state index >= 15 is 0 Å². The van der Waals surface area contributed by atoms with E-state index in [4.69, 9.17) is 25.9 Å². The van der Waals surface area contributed by atoms with Crippen LogP contribution in [0.1, 0.15) is 119 Å². The van der Waals surface area contributed by atoms with Gasteiger partial charge in [0.05, 0.1) is 39.3 Å². The van der Waals surface area contributed by atoms with Gasteiger partial charge < -0.3 is 9.11 Å². The second-order valence-corrected chi connectivity index (χ2v) is 13.8. The third kappa shape index (κ3) is 22.5. The molecule has 43 heavy (non-hydrogen) atoms. The van der Waals surface area contributed by atoms with Gasteiger partial charge in [-0.1, -0.05) is 80.1 Å². The summed E-state index contributed by atoms with van der Waals surface area (Å²) in [5.41, 5.74) is -11.3. The molecule has 0 saturated carbocycles. The molecule has 16 heteroatoms. The maximum atomic E-state index is 10.7. The number of nitrogens with zero attached hydrogens (tertiary/aromatic N) is 2. The molecule has 0 aliphatic rings. The molecule has 0 aromatic carbocycles. The van der Waals surface area contributed by atoms with Crippen molar-refractivity contribution in [1.82, 2.24) is 0 Å². The largest absolute Gasteiger partial charge is 0.741 e. The van der Waals surface area contributed by atoms with Gasteiger partial charge in [-0.05, 0) is 38.5 Å². The lowest BCUT2D eigenvalue weighted by Gasteiger charge is -2.48. The standard InChI is InChI=1S/C25H56N2.2CHF3O3S/c1-7-13-19-26(20-14-8-2,21-15-9-3)25-27(22-16-10-4,23-17-11-5)24-18-12-6;2*2-1(3,4)8(5,6)7/h7-25H2,1-6H3;2*(H,5,6,7)/q+2;;/p-2. The highest BCUT2D eigenvalue weighted by atomic mass is 32.2. The summed E-state index contributed by atoms with van der Waals surface area (Å²) in [6.45, 7) is 24.2. The summed E-state index contributed by atoms with van der Waals surface area (Å²) in [5, 5.41) is 0. The van der Waals surface area contributed by atoms with Crippen molar-refractivity contribution in [3.8, 4) is 0 Å². The Balaban J connectivity index is -0.000000810. The zero-order chi connectivity index (χ0) is 34.4. The van der Waals surface area contributed by atoms with Gasteiger partial charge in [0.2, 0.25) is 6.67 Å². The molecule has 0 N–H and O–H groups in total. The SMILES string of the molecule is CCCC[N+](CCCC)(CCCC)C[N+](CCCC)(CCCC)CCCC.O=S(=O)([O-])C(F)(F)F.O=S(=O)([O-])C(F)(F)F. The first-order valence-corrected chi connectivity index (χ1v) is 18.1. The van der Waals surface area contributed by atoms with Crippen LogP contribution in [-0.2, 0) is 20.2 Å². The van der Waals surface area contributed by atoms with Crippen LogP contribution in [0.3, 0.4) is 0 Å². The highest BCUT2D eigenvalue weighted by Gasteiger charge is 2.39. The first-order chi connectivity index (χ1) is 19.6. The molecule has 0 aromatic heterocycles. The average molecular weight is 683 g/mol. The molecule has 264 valence electrons. The molecular weight excluding hydrogens is 626 g/mol. The van der Waals surface area contributed by atoms with Gasteiger partial charge in [-0.15, -0.1) is 0 Å². The molecule has 0 radical (unpaired) electrons. The Bertz CT molecular complexity index is 783. The summed E-state index contributed by atoms with van der Waals surface area (Å²) in [6, 6.07) is 0. The second-order valence-electron chi connectivity index (χ2n) is 11.1. The molecular formula is C27H56F6N2O6S2. The van der Waals surface area contributed by atoms with Crippen LogP contribution in [0.4, 0.5) is 26.3 Å². The van der Waals surface area contributed by atoms with E-state index in [1.165, 1.54) is 132 Å². The van der Waals surface area contributed by atoms with Crippen LogP contribution in [-0.4, -0.2) is 91.9 Å². The van der Waals surface area contributed by atoms with E-state index in [0.29, 0.717) is 0 Å². The van der Waals surface area contributed by atoms with Crippen LogP contribution < -0.4 is 0 Å². The highest BCUT2D eigenvalue weighted by Crippen LogP contribution is 2.24. The molecule has 0 unspecified atom stereocenters. The molecule has 0 spiro atoms. The molecule has 0 heterocycles. The van der Waals surface area contributed by atoms with E-state index in [2.05, 4.69) is 41.5 Å². The molecule has 0 saturated heterocycles. The molecule has 0 bridgehead atoms. The van der Waals surface area contributed by atoms with E-state index in [1.54, 1.807) is 0 Å². The van der Waals surface area contributed by atoms with Crippen molar-refractivity contribution in [2.24, 2.45) is 0 Å². The van der Waals surface area contributed by atoms with Crippen molar-refractivity contribution in [3.63, 3.8) is 0 Å². The lowest BCUT2D eigenvalue weighted by atomic mass is 10.1. The number of unbranched alkanes of at least 4 members (excludes halogenated alkanes) is 6. The summed E-state index contributed by atoms with van der Waals surface area (Å²) >= 11 is 0. The minimum Gasteiger partial charge on any atom is -0.741 e. The van der Waals surface area contributed by atoms with Gasteiger partial charge in [0, 0.05) is 0 Å². The van der Waals surface area contributed by atoms with E-state index in [0.717, 1.165) is 0 Å². The summed E-state index contributed by atoms with van der Waals surface area (Å²) < 4.78 is 121. The van der Waals surface area contributed by atoms with Gasteiger partial charge >= 0.3 is 11.0 Å². The molecule has 8 nitrogen and oxygen atoms in total.